The number of hydrogen-bond donors (Lipinski definition) is 1. The molecular formula is C29H25N3O2S. The highest BCUT2D eigenvalue weighted by Gasteiger charge is 2.19. The van der Waals surface area contributed by atoms with Crippen molar-refractivity contribution in [1.29, 1.82) is 0 Å². The highest BCUT2D eigenvalue weighted by molar-refractivity contribution is 7.16. The van der Waals surface area contributed by atoms with Gasteiger partial charge in [0.05, 0.1) is 29.6 Å². The molecule has 0 spiro atoms. The third-order valence-corrected chi connectivity index (χ3v) is 6.90. The van der Waals surface area contributed by atoms with Crippen molar-refractivity contribution in [2.45, 2.75) is 20.8 Å². The van der Waals surface area contributed by atoms with Crippen LogP contribution in [0, 0.1) is 20.8 Å². The summed E-state index contributed by atoms with van der Waals surface area (Å²) in [7, 11) is 1.63. The largest absolute Gasteiger partial charge is 0.496 e. The van der Waals surface area contributed by atoms with Crippen LogP contribution < -0.4 is 10.1 Å². The molecular weight excluding hydrogens is 454 g/mol. The van der Waals surface area contributed by atoms with Gasteiger partial charge in [0.15, 0.2) is 5.13 Å². The minimum absolute atomic E-state index is 0.221. The van der Waals surface area contributed by atoms with Gasteiger partial charge in [-0.1, -0.05) is 48.0 Å². The molecule has 1 N–H and O–H groups in total. The van der Waals surface area contributed by atoms with Crippen LogP contribution in [0.15, 0.2) is 72.8 Å². The number of aryl methyl sites for hydroxylation is 3. The molecule has 5 rings (SSSR count). The number of hydrogen-bond acceptors (Lipinski definition) is 5. The van der Waals surface area contributed by atoms with Gasteiger partial charge in [-0.3, -0.25) is 10.1 Å². The van der Waals surface area contributed by atoms with Crippen LogP contribution >= 0.6 is 11.3 Å². The van der Waals surface area contributed by atoms with E-state index in [4.69, 9.17) is 14.7 Å². The molecule has 0 bridgehead atoms. The monoisotopic (exact) mass is 479 g/mol. The third-order valence-electron chi connectivity index (χ3n) is 6.01. The topological polar surface area (TPSA) is 64.1 Å². The maximum Gasteiger partial charge on any atom is 0.258 e. The van der Waals surface area contributed by atoms with Gasteiger partial charge < -0.3 is 4.74 Å². The van der Waals surface area contributed by atoms with Gasteiger partial charge in [0.2, 0.25) is 0 Å². The number of rotatable bonds is 5. The van der Waals surface area contributed by atoms with E-state index in [1.807, 2.05) is 61.5 Å². The number of carbonyl (C=O) groups is 1. The van der Waals surface area contributed by atoms with Gasteiger partial charge in [-0.15, -0.1) is 11.3 Å². The highest BCUT2D eigenvalue weighted by Crippen LogP contribution is 2.34. The van der Waals surface area contributed by atoms with Crippen LogP contribution in [0.3, 0.4) is 0 Å². The first-order valence-corrected chi connectivity index (χ1v) is 12.2. The normalized spacial score (nSPS) is 11.0. The predicted molar refractivity (Wildman–Crippen MR) is 143 cm³/mol. The fourth-order valence-corrected chi connectivity index (χ4v) is 5.04. The molecule has 2 heterocycles. The first-order valence-electron chi connectivity index (χ1n) is 11.3. The zero-order valence-electron chi connectivity index (χ0n) is 20.0. The van der Waals surface area contributed by atoms with Gasteiger partial charge in [-0.25, -0.2) is 9.97 Å². The first kappa shape index (κ1) is 22.7. The van der Waals surface area contributed by atoms with Gasteiger partial charge in [0, 0.05) is 21.4 Å². The molecule has 2 aromatic heterocycles. The van der Waals surface area contributed by atoms with Crippen molar-refractivity contribution in [3.05, 3.63) is 94.4 Å². The Kier molecular flexibility index (Phi) is 6.05. The average Bonchev–Trinajstić information content (AvgIpc) is 3.24. The number of pyridine rings is 1. The summed E-state index contributed by atoms with van der Waals surface area (Å²) in [5, 5.41) is 4.39. The quantitative estimate of drug-likeness (QED) is 0.289. The Balaban J connectivity index is 1.55. The van der Waals surface area contributed by atoms with Crippen LogP contribution in [0.4, 0.5) is 5.13 Å². The lowest BCUT2D eigenvalue weighted by Crippen LogP contribution is -2.13. The molecule has 6 heteroatoms. The molecule has 174 valence electrons. The van der Waals surface area contributed by atoms with E-state index in [9.17, 15) is 4.79 Å². The standard InChI is InChI=1S/C29H25N3O2S/c1-17-13-14-18(2)22(15-17)27-19(3)35-29(31-27)32-28(33)23-16-25(21-10-6-8-12-26(21)34-4)30-24-11-7-5-9-20(23)24/h5-16H,1-4H3,(H,31,32,33). The van der Waals surface area contributed by atoms with Crippen LogP contribution in [-0.2, 0) is 0 Å². The summed E-state index contributed by atoms with van der Waals surface area (Å²) in [6.07, 6.45) is 0. The molecule has 5 aromatic rings. The molecule has 0 aliphatic heterocycles. The van der Waals surface area contributed by atoms with Gasteiger partial charge in [0.1, 0.15) is 5.75 Å². The summed E-state index contributed by atoms with van der Waals surface area (Å²) in [5.41, 5.74) is 7.12. The Hall–Kier alpha value is -4.03. The maximum absolute atomic E-state index is 13.5. The van der Waals surface area contributed by atoms with Crippen molar-refractivity contribution in [2.24, 2.45) is 0 Å². The van der Waals surface area contributed by atoms with E-state index in [0.717, 1.165) is 38.2 Å². The second-order valence-corrected chi connectivity index (χ2v) is 9.67. The number of carbonyl (C=O) groups excluding carboxylic acids is 1. The summed E-state index contributed by atoms with van der Waals surface area (Å²) in [5.74, 6) is 0.483. The van der Waals surface area contributed by atoms with Crippen LogP contribution in [0.5, 0.6) is 5.75 Å². The third kappa shape index (κ3) is 4.40. The van der Waals surface area contributed by atoms with Crippen LogP contribution in [-0.4, -0.2) is 23.0 Å². The Morgan fingerprint density at radius 2 is 1.66 bits per heavy atom. The van der Waals surface area contributed by atoms with E-state index >= 15 is 0 Å². The first-order chi connectivity index (χ1) is 16.9. The van der Waals surface area contributed by atoms with Gasteiger partial charge >= 0.3 is 0 Å². The lowest BCUT2D eigenvalue weighted by molar-refractivity contribution is 0.102. The number of benzene rings is 3. The number of fused-ring (bicyclic) bond motifs is 1. The molecule has 35 heavy (non-hydrogen) atoms. The molecule has 3 aromatic carbocycles. The van der Waals surface area contributed by atoms with Crippen molar-refractivity contribution in [3.63, 3.8) is 0 Å². The Bertz CT molecular complexity index is 1570. The number of nitrogens with zero attached hydrogens (tertiary/aromatic N) is 2. The SMILES string of the molecule is COc1ccccc1-c1cc(C(=O)Nc2nc(-c3cc(C)ccc3C)c(C)s2)c2ccccc2n1. The number of amides is 1. The smallest absolute Gasteiger partial charge is 0.258 e. The van der Waals surface area contributed by atoms with E-state index in [1.165, 1.54) is 16.9 Å². The number of ether oxygens (including phenoxy) is 1. The molecule has 5 nitrogen and oxygen atoms in total. The molecule has 0 atom stereocenters. The fraction of sp³-hybridized carbons (Fsp3) is 0.138. The number of para-hydroxylation sites is 2. The minimum Gasteiger partial charge on any atom is -0.496 e. The van der Waals surface area contributed by atoms with Gasteiger partial charge in [-0.2, -0.15) is 0 Å². The van der Waals surface area contributed by atoms with E-state index < -0.39 is 0 Å². The van der Waals surface area contributed by atoms with Crippen molar-refractivity contribution >= 4 is 33.3 Å². The Labute approximate surface area is 208 Å². The van der Waals surface area contributed by atoms with Crippen molar-refractivity contribution in [1.82, 2.24) is 9.97 Å². The molecule has 0 saturated heterocycles. The highest BCUT2D eigenvalue weighted by atomic mass is 32.1. The number of aromatic nitrogens is 2. The number of anilines is 1. The second-order valence-electron chi connectivity index (χ2n) is 8.47. The number of nitrogens with one attached hydrogen (secondary N) is 1. The fourth-order valence-electron chi connectivity index (χ4n) is 4.21. The molecule has 0 saturated carbocycles. The van der Waals surface area contributed by atoms with Crippen molar-refractivity contribution in [2.75, 3.05) is 12.4 Å². The van der Waals surface area contributed by atoms with Gasteiger partial charge in [-0.05, 0) is 56.7 Å². The molecule has 0 fully saturated rings. The number of thiazole rings is 1. The summed E-state index contributed by atoms with van der Waals surface area (Å²) >= 11 is 1.48. The average molecular weight is 480 g/mol. The van der Waals surface area contributed by atoms with Crippen LogP contribution in [0.2, 0.25) is 0 Å². The van der Waals surface area contributed by atoms with Crippen molar-refractivity contribution in [3.8, 4) is 28.3 Å². The summed E-state index contributed by atoms with van der Waals surface area (Å²) in [6.45, 7) is 6.18. The van der Waals surface area contributed by atoms with E-state index in [1.54, 1.807) is 7.11 Å². The minimum atomic E-state index is -0.221. The molecule has 0 unspecified atom stereocenters. The Morgan fingerprint density at radius 3 is 2.49 bits per heavy atom. The zero-order chi connectivity index (χ0) is 24.5. The molecule has 1 amide bonds. The zero-order valence-corrected chi connectivity index (χ0v) is 20.9. The van der Waals surface area contributed by atoms with Crippen molar-refractivity contribution < 1.29 is 9.53 Å². The lowest BCUT2D eigenvalue weighted by Gasteiger charge is -2.12. The molecule has 0 aliphatic rings. The molecule has 0 aliphatic carbocycles. The van der Waals surface area contributed by atoms with E-state index in [2.05, 4.69) is 37.4 Å². The molecule has 0 radical (unpaired) electrons. The van der Waals surface area contributed by atoms with Gasteiger partial charge in [0.25, 0.3) is 5.91 Å². The Morgan fingerprint density at radius 1 is 0.886 bits per heavy atom. The predicted octanol–water partition coefficient (Wildman–Crippen LogP) is 7.21. The van der Waals surface area contributed by atoms with Crippen LogP contribution in [0.1, 0.15) is 26.4 Å². The van der Waals surface area contributed by atoms with E-state index in [-0.39, 0.29) is 5.91 Å². The summed E-state index contributed by atoms with van der Waals surface area (Å²) in [6, 6.07) is 23.5. The lowest BCUT2D eigenvalue weighted by atomic mass is 10.0. The maximum atomic E-state index is 13.5. The second kappa shape index (κ2) is 9.31. The summed E-state index contributed by atoms with van der Waals surface area (Å²) < 4.78 is 5.53. The van der Waals surface area contributed by atoms with E-state index in [0.29, 0.717) is 22.1 Å². The summed E-state index contributed by atoms with van der Waals surface area (Å²) in [4.78, 5) is 24.2. The van der Waals surface area contributed by atoms with Crippen LogP contribution in [0.25, 0.3) is 33.4 Å². The number of methoxy groups -OCH3 is 1.